The maximum Gasteiger partial charge on any atom is 0.227 e. The van der Waals surface area contributed by atoms with Gasteiger partial charge in [0, 0.05) is 37.4 Å². The number of methoxy groups -OCH3 is 1. The second-order valence-corrected chi connectivity index (χ2v) is 6.58. The highest BCUT2D eigenvalue weighted by atomic mass is 16.5. The van der Waals surface area contributed by atoms with E-state index in [0.29, 0.717) is 6.42 Å². The molecule has 2 aromatic carbocycles. The lowest BCUT2D eigenvalue weighted by atomic mass is 10.1. The quantitative estimate of drug-likeness (QED) is 0.858. The smallest absolute Gasteiger partial charge is 0.227 e. The molecule has 2 aromatic rings. The van der Waals surface area contributed by atoms with Crippen molar-refractivity contribution in [2.24, 2.45) is 0 Å². The predicted molar refractivity (Wildman–Crippen MR) is 101 cm³/mol. The topological polar surface area (TPSA) is 32.8 Å². The van der Waals surface area contributed by atoms with E-state index in [2.05, 4.69) is 36.9 Å². The number of para-hydroxylation sites is 1. The van der Waals surface area contributed by atoms with Crippen molar-refractivity contribution in [3.63, 3.8) is 0 Å². The molecule has 0 unspecified atom stereocenters. The van der Waals surface area contributed by atoms with Crippen LogP contribution in [0.1, 0.15) is 16.7 Å². The normalized spacial score (nSPS) is 14.5. The second kappa shape index (κ2) is 7.60. The minimum atomic E-state index is 0.171. The first kappa shape index (κ1) is 17.3. The van der Waals surface area contributed by atoms with Crippen LogP contribution in [0.5, 0.6) is 5.75 Å². The van der Waals surface area contributed by atoms with Crippen LogP contribution in [0.4, 0.5) is 5.69 Å². The summed E-state index contributed by atoms with van der Waals surface area (Å²) in [6, 6.07) is 14.2. The maximum absolute atomic E-state index is 12.7. The Bertz CT molecular complexity index is 749. The summed E-state index contributed by atoms with van der Waals surface area (Å²) in [5.74, 6) is 0.954. The number of aryl methyl sites for hydroxylation is 1. The van der Waals surface area contributed by atoms with Gasteiger partial charge in [-0.15, -0.1) is 0 Å². The van der Waals surface area contributed by atoms with Crippen LogP contribution >= 0.6 is 0 Å². The van der Waals surface area contributed by atoms with Crippen LogP contribution in [-0.2, 0) is 11.2 Å². The molecule has 0 saturated carbocycles. The zero-order valence-corrected chi connectivity index (χ0v) is 15.3. The van der Waals surface area contributed by atoms with E-state index in [1.165, 1.54) is 16.8 Å². The molecule has 1 aliphatic rings. The van der Waals surface area contributed by atoms with Gasteiger partial charge in [-0.3, -0.25) is 4.79 Å². The molecule has 1 fully saturated rings. The van der Waals surface area contributed by atoms with Crippen LogP contribution in [0.3, 0.4) is 0 Å². The van der Waals surface area contributed by atoms with Crippen LogP contribution in [0.2, 0.25) is 0 Å². The van der Waals surface area contributed by atoms with E-state index >= 15 is 0 Å². The van der Waals surface area contributed by atoms with Gasteiger partial charge >= 0.3 is 0 Å². The monoisotopic (exact) mass is 338 g/mol. The fourth-order valence-electron chi connectivity index (χ4n) is 3.40. The molecule has 0 spiro atoms. The van der Waals surface area contributed by atoms with Crippen molar-refractivity contribution in [3.8, 4) is 5.75 Å². The van der Waals surface area contributed by atoms with Crippen LogP contribution in [0.15, 0.2) is 42.5 Å². The van der Waals surface area contributed by atoms with E-state index in [4.69, 9.17) is 4.74 Å². The predicted octanol–water partition coefficient (Wildman–Crippen LogP) is 3.20. The highest BCUT2D eigenvalue weighted by molar-refractivity contribution is 5.80. The Labute approximate surface area is 150 Å². The average molecular weight is 338 g/mol. The molecule has 0 bridgehead atoms. The number of carbonyl (C=O) groups is 1. The number of piperazine rings is 1. The third kappa shape index (κ3) is 3.78. The molecule has 25 heavy (non-hydrogen) atoms. The number of ether oxygens (including phenoxy) is 1. The fraction of sp³-hybridized carbons (Fsp3) is 0.381. The number of hydrogen-bond donors (Lipinski definition) is 0. The molecule has 0 aliphatic carbocycles. The number of nitrogens with zero attached hydrogens (tertiary/aromatic N) is 2. The van der Waals surface area contributed by atoms with Crippen molar-refractivity contribution < 1.29 is 9.53 Å². The van der Waals surface area contributed by atoms with E-state index in [1.807, 2.05) is 29.2 Å². The molecule has 1 heterocycles. The van der Waals surface area contributed by atoms with Crippen molar-refractivity contribution in [2.75, 3.05) is 38.2 Å². The summed E-state index contributed by atoms with van der Waals surface area (Å²) >= 11 is 0. The highest BCUT2D eigenvalue weighted by Crippen LogP contribution is 2.24. The molecule has 1 aliphatic heterocycles. The molecule has 4 nitrogen and oxygen atoms in total. The van der Waals surface area contributed by atoms with Crippen LogP contribution in [0.25, 0.3) is 0 Å². The molecule has 4 heteroatoms. The standard InChI is InChI=1S/C21H26N2O2/c1-16-7-6-9-19(17(16)2)22-11-13-23(14-12-22)21(24)15-18-8-4-5-10-20(18)25-3/h4-10H,11-15H2,1-3H3. The van der Waals surface area contributed by atoms with Crippen LogP contribution < -0.4 is 9.64 Å². The third-order valence-electron chi connectivity index (χ3n) is 5.08. The van der Waals surface area contributed by atoms with Gasteiger partial charge in [0.25, 0.3) is 0 Å². The van der Waals surface area contributed by atoms with E-state index < -0.39 is 0 Å². The zero-order chi connectivity index (χ0) is 17.8. The summed E-state index contributed by atoms with van der Waals surface area (Å²) in [5, 5.41) is 0. The van der Waals surface area contributed by atoms with Crippen molar-refractivity contribution in [3.05, 3.63) is 59.2 Å². The minimum absolute atomic E-state index is 0.171. The molecule has 0 aromatic heterocycles. The van der Waals surface area contributed by atoms with Crippen LogP contribution in [-0.4, -0.2) is 44.1 Å². The zero-order valence-electron chi connectivity index (χ0n) is 15.3. The molecule has 0 atom stereocenters. The third-order valence-corrected chi connectivity index (χ3v) is 5.08. The number of anilines is 1. The maximum atomic E-state index is 12.7. The minimum Gasteiger partial charge on any atom is -0.496 e. The molecule has 1 amide bonds. The van der Waals surface area contributed by atoms with Gasteiger partial charge in [-0.05, 0) is 37.1 Å². The van der Waals surface area contributed by atoms with Crippen LogP contribution in [0, 0.1) is 13.8 Å². The Morgan fingerprint density at radius 2 is 1.72 bits per heavy atom. The first-order chi connectivity index (χ1) is 12.1. The van der Waals surface area contributed by atoms with Gasteiger partial charge in [-0.25, -0.2) is 0 Å². The molecule has 132 valence electrons. The average Bonchev–Trinajstić information content (AvgIpc) is 2.64. The molecular formula is C21H26N2O2. The summed E-state index contributed by atoms with van der Waals surface area (Å²) in [7, 11) is 1.65. The SMILES string of the molecule is COc1ccccc1CC(=O)N1CCN(c2cccc(C)c2C)CC1. The Morgan fingerprint density at radius 1 is 1.00 bits per heavy atom. The van der Waals surface area contributed by atoms with Crippen molar-refractivity contribution in [1.82, 2.24) is 4.90 Å². The Balaban J connectivity index is 1.62. The highest BCUT2D eigenvalue weighted by Gasteiger charge is 2.23. The molecule has 0 radical (unpaired) electrons. The number of benzene rings is 2. The van der Waals surface area contributed by atoms with Gasteiger partial charge in [-0.1, -0.05) is 30.3 Å². The second-order valence-electron chi connectivity index (χ2n) is 6.58. The molecule has 3 rings (SSSR count). The summed E-state index contributed by atoms with van der Waals surface area (Å²) in [4.78, 5) is 17.0. The number of carbonyl (C=O) groups excluding carboxylic acids is 1. The lowest BCUT2D eigenvalue weighted by Crippen LogP contribution is -2.49. The first-order valence-electron chi connectivity index (χ1n) is 8.81. The molecule has 0 N–H and O–H groups in total. The number of hydrogen-bond acceptors (Lipinski definition) is 3. The lowest BCUT2D eigenvalue weighted by Gasteiger charge is -2.37. The Kier molecular flexibility index (Phi) is 5.27. The van der Waals surface area contributed by atoms with E-state index in [1.54, 1.807) is 7.11 Å². The summed E-state index contributed by atoms with van der Waals surface area (Å²) in [6.45, 7) is 7.60. The van der Waals surface area contributed by atoms with Crippen molar-refractivity contribution >= 4 is 11.6 Å². The largest absolute Gasteiger partial charge is 0.496 e. The number of amides is 1. The Hall–Kier alpha value is -2.49. The first-order valence-corrected chi connectivity index (χ1v) is 8.81. The van der Waals surface area contributed by atoms with Gasteiger partial charge in [0.05, 0.1) is 13.5 Å². The van der Waals surface area contributed by atoms with E-state index in [9.17, 15) is 4.79 Å². The van der Waals surface area contributed by atoms with Gasteiger partial charge < -0.3 is 14.5 Å². The number of rotatable bonds is 4. The Morgan fingerprint density at radius 3 is 2.44 bits per heavy atom. The van der Waals surface area contributed by atoms with Gasteiger partial charge in [0.1, 0.15) is 5.75 Å². The molecule has 1 saturated heterocycles. The lowest BCUT2D eigenvalue weighted by molar-refractivity contribution is -0.130. The summed E-state index contributed by atoms with van der Waals surface area (Å²) in [6.07, 6.45) is 0.396. The van der Waals surface area contributed by atoms with E-state index in [-0.39, 0.29) is 5.91 Å². The van der Waals surface area contributed by atoms with Crippen molar-refractivity contribution in [1.29, 1.82) is 0 Å². The van der Waals surface area contributed by atoms with Crippen molar-refractivity contribution in [2.45, 2.75) is 20.3 Å². The molecular weight excluding hydrogens is 312 g/mol. The van der Waals surface area contributed by atoms with E-state index in [0.717, 1.165) is 37.5 Å². The summed E-state index contributed by atoms with van der Waals surface area (Å²) in [5.41, 5.74) is 4.88. The van der Waals surface area contributed by atoms with Gasteiger partial charge in [0.2, 0.25) is 5.91 Å². The van der Waals surface area contributed by atoms with Gasteiger partial charge in [-0.2, -0.15) is 0 Å². The van der Waals surface area contributed by atoms with Gasteiger partial charge in [0.15, 0.2) is 0 Å². The summed E-state index contributed by atoms with van der Waals surface area (Å²) < 4.78 is 5.35. The fourth-order valence-corrected chi connectivity index (χ4v) is 3.40.